The van der Waals surface area contributed by atoms with E-state index in [1.807, 2.05) is 0 Å². The Morgan fingerprint density at radius 3 is 2.75 bits per heavy atom. The topological polar surface area (TPSA) is 0 Å². The van der Waals surface area contributed by atoms with Crippen LogP contribution in [0.15, 0.2) is 24.3 Å². The predicted octanol–water partition coefficient (Wildman–Crippen LogP) is 2.58. The van der Waals surface area contributed by atoms with E-state index >= 15 is 0 Å². The Morgan fingerprint density at radius 2 is 2.08 bits per heavy atom. The second-order valence-electron chi connectivity index (χ2n) is 2.72. The first-order chi connectivity index (χ1) is 5.88. The molecule has 0 atom stereocenters. The van der Waals surface area contributed by atoms with Crippen LogP contribution in [0.5, 0.6) is 0 Å². The quantitative estimate of drug-likeness (QED) is 0.513. The Balaban J connectivity index is 2.68. The Bertz CT molecular complexity index is 235. The maximum atomic E-state index is 5.82. The van der Waals surface area contributed by atoms with Gasteiger partial charge in [-0.05, 0) is 5.56 Å². The van der Waals surface area contributed by atoms with E-state index in [0.717, 1.165) is 9.52 Å². The summed E-state index contributed by atoms with van der Waals surface area (Å²) in [5.41, 5.74) is 1.30. The second-order valence-corrected chi connectivity index (χ2v) is 4.38. The number of hydrogen-bond acceptors (Lipinski definition) is 0. The van der Waals surface area contributed by atoms with Gasteiger partial charge in [0.05, 0.1) is 9.52 Å². The zero-order valence-corrected chi connectivity index (χ0v) is 9.06. The van der Waals surface area contributed by atoms with E-state index in [4.69, 9.17) is 11.6 Å². The summed E-state index contributed by atoms with van der Waals surface area (Å²) in [6, 6.07) is 9.73. The van der Waals surface area contributed by atoms with Crippen LogP contribution in [0.3, 0.4) is 0 Å². The van der Waals surface area contributed by atoms with E-state index in [2.05, 4.69) is 31.2 Å². The number of rotatable bonds is 4. The van der Waals surface area contributed by atoms with Crippen LogP contribution in [0, 0.1) is 0 Å². The fraction of sp³-hybridized carbons (Fsp3) is 0.400. The Morgan fingerprint density at radius 1 is 1.33 bits per heavy atom. The third kappa shape index (κ3) is 2.65. The third-order valence-corrected chi connectivity index (χ3v) is 3.63. The molecule has 0 aliphatic rings. The lowest BCUT2D eigenvalue weighted by Crippen LogP contribution is -2.17. The molecule has 0 aromatic heterocycles. The van der Waals surface area contributed by atoms with E-state index < -0.39 is 0 Å². The number of halogens is 1. The van der Waals surface area contributed by atoms with Crippen LogP contribution in [0.4, 0.5) is 0 Å². The van der Waals surface area contributed by atoms with Crippen molar-refractivity contribution in [3.05, 3.63) is 29.8 Å². The van der Waals surface area contributed by atoms with Gasteiger partial charge in [-0.15, -0.1) is 11.6 Å². The standard InChI is InChI=1S/C10H13ClSi/c1-2-7-12-10-6-4-3-5-9(10)8-11/h3-6H,2,7-8H2,1H3. The van der Waals surface area contributed by atoms with Crippen LogP contribution in [0.1, 0.15) is 18.9 Å². The monoisotopic (exact) mass is 196 g/mol. The van der Waals surface area contributed by atoms with Crippen molar-refractivity contribution in [1.82, 2.24) is 0 Å². The molecule has 0 spiro atoms. The SMILES string of the molecule is CCC[Si]c1ccccc1CCl. The largest absolute Gasteiger partial charge is 0.122 e. The first kappa shape index (κ1) is 9.81. The first-order valence-electron chi connectivity index (χ1n) is 4.26. The molecule has 64 valence electrons. The lowest BCUT2D eigenvalue weighted by molar-refractivity contribution is 1.08. The van der Waals surface area contributed by atoms with Gasteiger partial charge >= 0.3 is 0 Å². The summed E-state index contributed by atoms with van der Waals surface area (Å²) in [5, 5.41) is 1.44. The molecule has 0 unspecified atom stereocenters. The van der Waals surface area contributed by atoms with Crippen molar-refractivity contribution in [2.45, 2.75) is 25.3 Å². The van der Waals surface area contributed by atoms with Gasteiger partial charge < -0.3 is 0 Å². The van der Waals surface area contributed by atoms with Crippen molar-refractivity contribution in [3.63, 3.8) is 0 Å². The minimum absolute atomic E-state index is 0.646. The van der Waals surface area contributed by atoms with Crippen LogP contribution in [-0.4, -0.2) is 9.52 Å². The van der Waals surface area contributed by atoms with Crippen molar-refractivity contribution in [1.29, 1.82) is 0 Å². The van der Waals surface area contributed by atoms with E-state index in [1.165, 1.54) is 23.2 Å². The molecule has 1 rings (SSSR count). The first-order valence-corrected chi connectivity index (χ1v) is 6.00. The van der Waals surface area contributed by atoms with Crippen LogP contribution < -0.4 is 5.19 Å². The van der Waals surface area contributed by atoms with E-state index in [-0.39, 0.29) is 0 Å². The summed E-state index contributed by atoms with van der Waals surface area (Å²) < 4.78 is 0. The average Bonchev–Trinajstić information content (AvgIpc) is 2.15. The molecule has 0 heterocycles. The molecule has 1 aromatic rings. The third-order valence-electron chi connectivity index (χ3n) is 1.73. The molecule has 2 radical (unpaired) electrons. The Hall–Kier alpha value is -0.273. The Labute approximate surface area is 81.8 Å². The maximum absolute atomic E-state index is 5.82. The number of benzene rings is 1. The molecule has 1 aromatic carbocycles. The van der Waals surface area contributed by atoms with E-state index in [0.29, 0.717) is 5.88 Å². The highest BCUT2D eigenvalue weighted by Gasteiger charge is 1.99. The van der Waals surface area contributed by atoms with Gasteiger partial charge in [-0.3, -0.25) is 0 Å². The minimum Gasteiger partial charge on any atom is -0.122 e. The van der Waals surface area contributed by atoms with Crippen LogP contribution in [0.25, 0.3) is 0 Å². The highest BCUT2D eigenvalue weighted by Crippen LogP contribution is 2.00. The van der Waals surface area contributed by atoms with Crippen LogP contribution in [-0.2, 0) is 5.88 Å². The highest BCUT2D eigenvalue weighted by molar-refractivity contribution is 6.54. The molecule has 0 fully saturated rings. The minimum atomic E-state index is 0.646. The van der Waals surface area contributed by atoms with E-state index in [1.54, 1.807) is 0 Å². The summed E-state index contributed by atoms with van der Waals surface area (Å²) >= 11 is 5.82. The van der Waals surface area contributed by atoms with Gasteiger partial charge in [0.25, 0.3) is 0 Å². The van der Waals surface area contributed by atoms with Gasteiger partial charge in [-0.1, -0.05) is 48.8 Å². The number of hydrogen-bond donors (Lipinski definition) is 0. The van der Waals surface area contributed by atoms with Crippen molar-refractivity contribution < 1.29 is 0 Å². The van der Waals surface area contributed by atoms with Crippen LogP contribution in [0.2, 0.25) is 6.04 Å². The summed E-state index contributed by atoms with van der Waals surface area (Å²) in [7, 11) is 0.926. The molecule has 0 amide bonds. The van der Waals surface area contributed by atoms with Gasteiger partial charge in [0.1, 0.15) is 0 Å². The highest BCUT2D eigenvalue weighted by atomic mass is 35.5. The lowest BCUT2D eigenvalue weighted by Gasteiger charge is -2.03. The van der Waals surface area contributed by atoms with Gasteiger partial charge in [0, 0.05) is 5.88 Å². The average molecular weight is 197 g/mol. The van der Waals surface area contributed by atoms with Gasteiger partial charge in [0.15, 0.2) is 0 Å². The summed E-state index contributed by atoms with van der Waals surface area (Å²) in [4.78, 5) is 0. The molecular formula is C10H13ClSi. The normalized spacial score (nSPS) is 10.2. The van der Waals surface area contributed by atoms with Gasteiger partial charge in [0.2, 0.25) is 0 Å². The molecule has 0 aliphatic heterocycles. The summed E-state index contributed by atoms with van der Waals surface area (Å²) in [5.74, 6) is 0.646. The van der Waals surface area contributed by atoms with Crippen molar-refractivity contribution in [2.24, 2.45) is 0 Å². The molecule has 0 N–H and O–H groups in total. The molecule has 0 bridgehead atoms. The number of alkyl halides is 1. The fourth-order valence-electron chi connectivity index (χ4n) is 1.07. The van der Waals surface area contributed by atoms with Crippen molar-refractivity contribution >= 4 is 26.3 Å². The molecule has 12 heavy (non-hydrogen) atoms. The predicted molar refractivity (Wildman–Crippen MR) is 56.5 cm³/mol. The lowest BCUT2D eigenvalue weighted by atomic mass is 10.2. The smallest absolute Gasteiger partial charge is 0.0812 e. The second kappa shape index (κ2) is 5.39. The van der Waals surface area contributed by atoms with Gasteiger partial charge in [-0.2, -0.15) is 0 Å². The van der Waals surface area contributed by atoms with E-state index in [9.17, 15) is 0 Å². The summed E-state index contributed by atoms with van der Waals surface area (Å²) in [6.07, 6.45) is 1.26. The van der Waals surface area contributed by atoms with Crippen molar-refractivity contribution in [2.75, 3.05) is 0 Å². The van der Waals surface area contributed by atoms with Crippen LogP contribution >= 0.6 is 11.6 Å². The molecule has 2 heteroatoms. The molecule has 0 nitrogen and oxygen atoms in total. The van der Waals surface area contributed by atoms with Crippen molar-refractivity contribution in [3.8, 4) is 0 Å². The molecule has 0 saturated heterocycles. The summed E-state index contributed by atoms with van der Waals surface area (Å²) in [6.45, 7) is 2.22. The fourth-order valence-corrected chi connectivity index (χ4v) is 2.55. The van der Waals surface area contributed by atoms with Gasteiger partial charge in [-0.25, -0.2) is 0 Å². The molecule has 0 saturated carbocycles. The zero-order valence-electron chi connectivity index (χ0n) is 7.31. The zero-order chi connectivity index (χ0) is 8.81. The molecule has 0 aliphatic carbocycles. The molecular weight excluding hydrogens is 184 g/mol. The Kier molecular flexibility index (Phi) is 4.40. The maximum Gasteiger partial charge on any atom is 0.0812 e.